The van der Waals surface area contributed by atoms with Crippen molar-refractivity contribution in [1.82, 2.24) is 5.32 Å². The first-order chi connectivity index (χ1) is 7.97. The minimum atomic E-state index is -1.15. The number of methoxy groups -OCH3 is 1. The Kier molecular flexibility index (Phi) is 4.48. The van der Waals surface area contributed by atoms with Gasteiger partial charge in [-0.3, -0.25) is 9.59 Å². The van der Waals surface area contributed by atoms with Gasteiger partial charge in [0.05, 0.1) is 7.11 Å². The zero-order valence-electron chi connectivity index (χ0n) is 9.78. The van der Waals surface area contributed by atoms with Crippen LogP contribution in [0.2, 0.25) is 0 Å². The third-order valence-corrected chi connectivity index (χ3v) is 3.08. The fourth-order valence-electron chi connectivity index (χ4n) is 2.06. The molecular formula is C11H16NO5-. The molecule has 96 valence electrons. The van der Waals surface area contributed by atoms with Gasteiger partial charge in [-0.25, -0.2) is 0 Å². The SMILES string of the molecule is COC(=O)CCC1(CCC(=O)[O-])CCC(=O)N1. The summed E-state index contributed by atoms with van der Waals surface area (Å²) in [6, 6.07) is 0. The average molecular weight is 242 g/mol. The molecular weight excluding hydrogens is 226 g/mol. The molecule has 1 amide bonds. The van der Waals surface area contributed by atoms with Crippen molar-refractivity contribution in [2.75, 3.05) is 7.11 Å². The largest absolute Gasteiger partial charge is 0.550 e. The van der Waals surface area contributed by atoms with E-state index in [1.807, 2.05) is 0 Å². The average Bonchev–Trinajstić information content (AvgIpc) is 2.66. The normalized spacial score (nSPS) is 23.2. The third kappa shape index (κ3) is 4.05. The van der Waals surface area contributed by atoms with Crippen LogP contribution >= 0.6 is 0 Å². The highest BCUT2D eigenvalue weighted by molar-refractivity contribution is 5.80. The lowest BCUT2D eigenvalue weighted by atomic mass is 9.87. The Labute approximate surface area is 99.3 Å². The quantitative estimate of drug-likeness (QED) is 0.610. The second-order valence-electron chi connectivity index (χ2n) is 4.28. The number of carbonyl (C=O) groups excluding carboxylic acids is 3. The Bertz CT molecular complexity index is 328. The highest BCUT2D eigenvalue weighted by Crippen LogP contribution is 2.30. The molecule has 0 aliphatic carbocycles. The van der Waals surface area contributed by atoms with Gasteiger partial charge in [-0.15, -0.1) is 0 Å². The van der Waals surface area contributed by atoms with Crippen molar-refractivity contribution < 1.29 is 24.2 Å². The van der Waals surface area contributed by atoms with Gasteiger partial charge in [0.15, 0.2) is 0 Å². The van der Waals surface area contributed by atoms with E-state index in [4.69, 9.17) is 0 Å². The van der Waals surface area contributed by atoms with Crippen molar-refractivity contribution in [2.45, 2.75) is 44.1 Å². The number of nitrogens with one attached hydrogen (secondary N) is 1. The zero-order valence-corrected chi connectivity index (χ0v) is 9.78. The molecule has 6 nitrogen and oxygen atoms in total. The maximum Gasteiger partial charge on any atom is 0.305 e. The minimum absolute atomic E-state index is 0.104. The van der Waals surface area contributed by atoms with E-state index >= 15 is 0 Å². The number of rotatable bonds is 6. The molecule has 1 atom stereocenters. The van der Waals surface area contributed by atoms with Crippen LogP contribution in [0.5, 0.6) is 0 Å². The van der Waals surface area contributed by atoms with Crippen LogP contribution in [0.3, 0.4) is 0 Å². The van der Waals surface area contributed by atoms with Crippen molar-refractivity contribution in [3.63, 3.8) is 0 Å². The van der Waals surface area contributed by atoms with Gasteiger partial charge in [-0.2, -0.15) is 0 Å². The van der Waals surface area contributed by atoms with Crippen LogP contribution < -0.4 is 10.4 Å². The van der Waals surface area contributed by atoms with Crippen LogP contribution in [0.15, 0.2) is 0 Å². The minimum Gasteiger partial charge on any atom is -0.550 e. The maximum atomic E-state index is 11.2. The first-order valence-electron chi connectivity index (χ1n) is 5.55. The summed E-state index contributed by atoms with van der Waals surface area (Å²) in [6.45, 7) is 0. The monoisotopic (exact) mass is 242 g/mol. The number of amides is 1. The first kappa shape index (κ1) is 13.5. The zero-order chi connectivity index (χ0) is 12.9. The summed E-state index contributed by atoms with van der Waals surface area (Å²) in [5, 5.41) is 13.2. The van der Waals surface area contributed by atoms with E-state index in [0.717, 1.165) is 0 Å². The van der Waals surface area contributed by atoms with Gasteiger partial charge in [-0.05, 0) is 25.7 Å². The number of aliphatic carboxylic acids is 1. The molecule has 17 heavy (non-hydrogen) atoms. The molecule has 1 heterocycles. The van der Waals surface area contributed by atoms with E-state index in [9.17, 15) is 19.5 Å². The van der Waals surface area contributed by atoms with Crippen LogP contribution in [0, 0.1) is 0 Å². The van der Waals surface area contributed by atoms with Gasteiger partial charge < -0.3 is 20.0 Å². The number of esters is 1. The number of hydrogen-bond donors (Lipinski definition) is 1. The molecule has 0 aromatic rings. The van der Waals surface area contributed by atoms with Gasteiger partial charge in [-0.1, -0.05) is 0 Å². The summed E-state index contributed by atoms with van der Waals surface area (Å²) in [5.74, 6) is -1.62. The number of carboxylic acid groups (broad SMARTS) is 1. The lowest BCUT2D eigenvalue weighted by Crippen LogP contribution is -2.43. The molecule has 0 aromatic heterocycles. The van der Waals surface area contributed by atoms with E-state index in [1.54, 1.807) is 0 Å². The van der Waals surface area contributed by atoms with E-state index in [0.29, 0.717) is 19.3 Å². The molecule has 1 aliphatic heterocycles. The van der Waals surface area contributed by atoms with Crippen LogP contribution in [0.1, 0.15) is 38.5 Å². The number of ether oxygens (including phenoxy) is 1. The van der Waals surface area contributed by atoms with Crippen LogP contribution in [-0.2, 0) is 19.1 Å². The Balaban J connectivity index is 2.56. The lowest BCUT2D eigenvalue weighted by molar-refractivity contribution is -0.306. The van der Waals surface area contributed by atoms with Gasteiger partial charge in [0, 0.05) is 24.3 Å². The summed E-state index contributed by atoms with van der Waals surface area (Å²) in [6.07, 6.45) is 1.66. The van der Waals surface area contributed by atoms with Gasteiger partial charge >= 0.3 is 5.97 Å². The van der Waals surface area contributed by atoms with E-state index < -0.39 is 11.5 Å². The molecule has 1 aliphatic rings. The van der Waals surface area contributed by atoms with Crippen molar-refractivity contribution in [3.8, 4) is 0 Å². The van der Waals surface area contributed by atoms with E-state index in [-0.39, 0.29) is 31.1 Å². The molecule has 1 saturated heterocycles. The van der Waals surface area contributed by atoms with Gasteiger partial charge in [0.25, 0.3) is 0 Å². The fraction of sp³-hybridized carbons (Fsp3) is 0.727. The first-order valence-corrected chi connectivity index (χ1v) is 5.55. The van der Waals surface area contributed by atoms with Crippen molar-refractivity contribution in [1.29, 1.82) is 0 Å². The lowest BCUT2D eigenvalue weighted by Gasteiger charge is -2.29. The molecule has 0 aromatic carbocycles. The summed E-state index contributed by atoms with van der Waals surface area (Å²) < 4.78 is 4.53. The van der Waals surface area contributed by atoms with Crippen LogP contribution in [0.4, 0.5) is 0 Å². The van der Waals surface area contributed by atoms with E-state index in [2.05, 4.69) is 10.1 Å². The van der Waals surface area contributed by atoms with Gasteiger partial charge in [0.1, 0.15) is 0 Å². The molecule has 0 radical (unpaired) electrons. The topological polar surface area (TPSA) is 95.5 Å². The second-order valence-corrected chi connectivity index (χ2v) is 4.28. The molecule has 1 N–H and O–H groups in total. The number of hydrogen-bond acceptors (Lipinski definition) is 5. The highest BCUT2D eigenvalue weighted by Gasteiger charge is 2.37. The molecule has 0 saturated carbocycles. The van der Waals surface area contributed by atoms with Crippen molar-refractivity contribution in [3.05, 3.63) is 0 Å². The van der Waals surface area contributed by atoms with Crippen LogP contribution in [0.25, 0.3) is 0 Å². The van der Waals surface area contributed by atoms with Crippen molar-refractivity contribution in [2.24, 2.45) is 0 Å². The Morgan fingerprint density at radius 3 is 2.53 bits per heavy atom. The third-order valence-electron chi connectivity index (χ3n) is 3.08. The summed E-state index contributed by atoms with van der Waals surface area (Å²) in [7, 11) is 1.30. The molecule has 0 bridgehead atoms. The summed E-state index contributed by atoms with van der Waals surface area (Å²) in [4.78, 5) is 32.8. The van der Waals surface area contributed by atoms with Crippen LogP contribution in [-0.4, -0.2) is 30.5 Å². The Morgan fingerprint density at radius 1 is 1.41 bits per heavy atom. The molecule has 1 fully saturated rings. The molecule has 1 unspecified atom stereocenters. The standard InChI is InChI=1S/C11H17NO5/c1-17-10(16)4-7-11(6-3-9(14)15)5-2-8(13)12-11/h2-7H2,1H3,(H,12,13)(H,14,15)/p-1. The summed E-state index contributed by atoms with van der Waals surface area (Å²) in [5.41, 5.74) is -0.592. The fourth-order valence-corrected chi connectivity index (χ4v) is 2.06. The highest BCUT2D eigenvalue weighted by atomic mass is 16.5. The predicted molar refractivity (Wildman–Crippen MR) is 55.6 cm³/mol. The number of carbonyl (C=O) groups is 3. The Hall–Kier alpha value is -1.59. The molecule has 6 heteroatoms. The van der Waals surface area contributed by atoms with Gasteiger partial charge in [0.2, 0.25) is 5.91 Å². The van der Waals surface area contributed by atoms with E-state index in [1.165, 1.54) is 7.11 Å². The summed E-state index contributed by atoms with van der Waals surface area (Å²) >= 11 is 0. The van der Waals surface area contributed by atoms with Crippen molar-refractivity contribution >= 4 is 17.8 Å². The molecule has 1 rings (SSSR count). The predicted octanol–water partition coefficient (Wildman–Crippen LogP) is -0.881. The number of carboxylic acids is 1. The Morgan fingerprint density at radius 2 is 2.06 bits per heavy atom. The maximum absolute atomic E-state index is 11.2. The second kappa shape index (κ2) is 5.65. The smallest absolute Gasteiger partial charge is 0.305 e. The molecule has 0 spiro atoms.